The van der Waals surface area contributed by atoms with Crippen LogP contribution in [0.3, 0.4) is 0 Å². The molecule has 2 fully saturated rings. The lowest BCUT2D eigenvalue weighted by atomic mass is 9.72. The van der Waals surface area contributed by atoms with E-state index in [2.05, 4.69) is 18.7 Å². The van der Waals surface area contributed by atoms with E-state index >= 15 is 0 Å². The van der Waals surface area contributed by atoms with Crippen molar-refractivity contribution in [3.05, 3.63) is 0 Å². The Morgan fingerprint density at radius 3 is 2.62 bits per heavy atom. The number of piperidine rings is 1. The topological polar surface area (TPSA) is 40.5 Å². The zero-order chi connectivity index (χ0) is 11.7. The average molecular weight is 225 g/mol. The minimum atomic E-state index is -0.607. The lowest BCUT2D eigenvalue weighted by molar-refractivity contribution is -0.144. The van der Waals surface area contributed by atoms with Gasteiger partial charge in [-0.15, -0.1) is 0 Å². The zero-order valence-corrected chi connectivity index (χ0v) is 10.4. The summed E-state index contributed by atoms with van der Waals surface area (Å²) in [6.45, 7) is 6.47. The molecule has 1 saturated carbocycles. The van der Waals surface area contributed by atoms with Gasteiger partial charge in [0.1, 0.15) is 0 Å². The van der Waals surface area contributed by atoms with Crippen molar-refractivity contribution < 1.29 is 9.90 Å². The van der Waals surface area contributed by atoms with Crippen molar-refractivity contribution >= 4 is 5.97 Å². The van der Waals surface area contributed by atoms with Gasteiger partial charge in [0.25, 0.3) is 0 Å². The van der Waals surface area contributed by atoms with E-state index in [-0.39, 0.29) is 5.92 Å². The molecule has 1 N–H and O–H groups in total. The molecule has 0 spiro atoms. The standard InChI is InChI=1S/C13H23NO2/c1-9(2)11-6-12(7-11)14-5-3-4-10(8-14)13(15)16/h9-12H,3-8H2,1-2H3,(H,15,16). The Hall–Kier alpha value is -0.570. The fourth-order valence-corrected chi connectivity index (χ4v) is 3.01. The second-order valence-corrected chi connectivity index (χ2v) is 5.80. The van der Waals surface area contributed by atoms with E-state index in [0.29, 0.717) is 6.04 Å². The molecule has 1 heterocycles. The van der Waals surface area contributed by atoms with Crippen molar-refractivity contribution in [2.75, 3.05) is 13.1 Å². The van der Waals surface area contributed by atoms with Crippen LogP contribution in [0, 0.1) is 17.8 Å². The Balaban J connectivity index is 1.81. The molecule has 3 nitrogen and oxygen atoms in total. The summed E-state index contributed by atoms with van der Waals surface area (Å²) in [5, 5.41) is 9.04. The van der Waals surface area contributed by atoms with E-state index in [9.17, 15) is 4.79 Å². The van der Waals surface area contributed by atoms with Gasteiger partial charge in [-0.25, -0.2) is 0 Å². The van der Waals surface area contributed by atoms with Crippen molar-refractivity contribution in [1.82, 2.24) is 4.90 Å². The minimum Gasteiger partial charge on any atom is -0.481 e. The summed E-state index contributed by atoms with van der Waals surface area (Å²) in [5.74, 6) is 0.933. The van der Waals surface area contributed by atoms with Crippen molar-refractivity contribution in [3.8, 4) is 0 Å². The predicted octanol–water partition coefficient (Wildman–Crippen LogP) is 2.22. The molecule has 0 amide bonds. The summed E-state index contributed by atoms with van der Waals surface area (Å²) in [6, 6.07) is 0.676. The van der Waals surface area contributed by atoms with Crippen LogP contribution in [0.4, 0.5) is 0 Å². The van der Waals surface area contributed by atoms with Crippen LogP contribution in [0.15, 0.2) is 0 Å². The Bertz CT molecular complexity index is 259. The van der Waals surface area contributed by atoms with Crippen LogP contribution in [0.2, 0.25) is 0 Å². The molecule has 1 aliphatic carbocycles. The first kappa shape index (κ1) is 11.9. The van der Waals surface area contributed by atoms with E-state index < -0.39 is 5.97 Å². The number of hydrogen-bond donors (Lipinski definition) is 1. The van der Waals surface area contributed by atoms with Crippen LogP contribution in [-0.4, -0.2) is 35.1 Å². The molecular formula is C13H23NO2. The number of rotatable bonds is 3. The number of hydrogen-bond acceptors (Lipinski definition) is 2. The largest absolute Gasteiger partial charge is 0.481 e. The van der Waals surface area contributed by atoms with E-state index in [1.54, 1.807) is 0 Å². The number of carbonyl (C=O) groups is 1. The van der Waals surface area contributed by atoms with Crippen LogP contribution < -0.4 is 0 Å². The molecule has 0 bridgehead atoms. The van der Waals surface area contributed by atoms with Crippen LogP contribution in [0.5, 0.6) is 0 Å². The van der Waals surface area contributed by atoms with Gasteiger partial charge < -0.3 is 5.11 Å². The highest BCUT2D eigenvalue weighted by molar-refractivity contribution is 5.70. The van der Waals surface area contributed by atoms with E-state index in [1.807, 2.05) is 0 Å². The molecule has 1 aliphatic heterocycles. The van der Waals surface area contributed by atoms with Gasteiger partial charge in [0, 0.05) is 12.6 Å². The van der Waals surface area contributed by atoms with Gasteiger partial charge >= 0.3 is 5.97 Å². The van der Waals surface area contributed by atoms with Crippen LogP contribution >= 0.6 is 0 Å². The van der Waals surface area contributed by atoms with Gasteiger partial charge in [-0.05, 0) is 44.1 Å². The minimum absolute atomic E-state index is 0.119. The normalized spacial score (nSPS) is 36.1. The number of carboxylic acid groups (broad SMARTS) is 1. The summed E-state index contributed by atoms with van der Waals surface area (Å²) < 4.78 is 0. The number of nitrogens with zero attached hydrogens (tertiary/aromatic N) is 1. The fraction of sp³-hybridized carbons (Fsp3) is 0.923. The van der Waals surface area contributed by atoms with E-state index in [4.69, 9.17) is 5.11 Å². The molecule has 1 saturated heterocycles. The summed E-state index contributed by atoms with van der Waals surface area (Å²) >= 11 is 0. The molecule has 3 heteroatoms. The first-order valence-corrected chi connectivity index (χ1v) is 6.54. The third-order valence-corrected chi connectivity index (χ3v) is 4.41. The monoisotopic (exact) mass is 225 g/mol. The van der Waals surface area contributed by atoms with Crippen LogP contribution in [-0.2, 0) is 4.79 Å². The third-order valence-electron chi connectivity index (χ3n) is 4.41. The Kier molecular flexibility index (Phi) is 3.53. The number of aliphatic carboxylic acids is 1. The van der Waals surface area contributed by atoms with Gasteiger partial charge in [-0.1, -0.05) is 13.8 Å². The van der Waals surface area contributed by atoms with Gasteiger partial charge in [-0.2, -0.15) is 0 Å². The lowest BCUT2D eigenvalue weighted by Crippen LogP contribution is -2.51. The second kappa shape index (κ2) is 4.74. The molecule has 0 aromatic heterocycles. The molecule has 0 radical (unpaired) electrons. The third kappa shape index (κ3) is 2.40. The second-order valence-electron chi connectivity index (χ2n) is 5.80. The van der Waals surface area contributed by atoms with Crippen LogP contribution in [0.1, 0.15) is 39.5 Å². The SMILES string of the molecule is CC(C)C1CC(N2CCCC(C(=O)O)C2)C1. The lowest BCUT2D eigenvalue weighted by Gasteiger charge is -2.47. The maximum absolute atomic E-state index is 11.0. The summed E-state index contributed by atoms with van der Waals surface area (Å²) in [5.41, 5.74) is 0. The highest BCUT2D eigenvalue weighted by Gasteiger charge is 2.37. The summed E-state index contributed by atoms with van der Waals surface area (Å²) in [6.07, 6.45) is 4.49. The van der Waals surface area contributed by atoms with Gasteiger partial charge in [0.15, 0.2) is 0 Å². The Morgan fingerprint density at radius 1 is 1.38 bits per heavy atom. The fourth-order valence-electron chi connectivity index (χ4n) is 3.01. The van der Waals surface area contributed by atoms with Crippen molar-refractivity contribution in [3.63, 3.8) is 0 Å². The number of likely N-dealkylation sites (tertiary alicyclic amines) is 1. The summed E-state index contributed by atoms with van der Waals surface area (Å²) in [7, 11) is 0. The maximum Gasteiger partial charge on any atom is 0.307 e. The van der Waals surface area contributed by atoms with Crippen molar-refractivity contribution in [2.45, 2.75) is 45.6 Å². The molecule has 1 atom stereocenters. The maximum atomic E-state index is 11.0. The van der Waals surface area contributed by atoms with Crippen molar-refractivity contribution in [1.29, 1.82) is 0 Å². The Morgan fingerprint density at radius 2 is 2.06 bits per heavy atom. The molecule has 92 valence electrons. The molecule has 2 rings (SSSR count). The Labute approximate surface area is 97.8 Å². The molecule has 0 aromatic carbocycles. The van der Waals surface area contributed by atoms with Crippen molar-refractivity contribution in [2.24, 2.45) is 17.8 Å². The smallest absolute Gasteiger partial charge is 0.307 e. The molecular weight excluding hydrogens is 202 g/mol. The quantitative estimate of drug-likeness (QED) is 0.800. The first-order chi connectivity index (χ1) is 7.58. The zero-order valence-electron chi connectivity index (χ0n) is 10.4. The average Bonchev–Trinajstić information content (AvgIpc) is 2.15. The summed E-state index contributed by atoms with van der Waals surface area (Å²) in [4.78, 5) is 13.4. The molecule has 2 aliphatic rings. The van der Waals surface area contributed by atoms with E-state index in [0.717, 1.165) is 37.8 Å². The molecule has 0 aromatic rings. The van der Waals surface area contributed by atoms with Gasteiger partial charge in [0.2, 0.25) is 0 Å². The van der Waals surface area contributed by atoms with Crippen LogP contribution in [0.25, 0.3) is 0 Å². The highest BCUT2D eigenvalue weighted by atomic mass is 16.4. The van der Waals surface area contributed by atoms with Gasteiger partial charge in [-0.3, -0.25) is 9.69 Å². The van der Waals surface area contributed by atoms with E-state index in [1.165, 1.54) is 12.8 Å². The van der Waals surface area contributed by atoms with Gasteiger partial charge in [0.05, 0.1) is 5.92 Å². The molecule has 16 heavy (non-hydrogen) atoms. The first-order valence-electron chi connectivity index (χ1n) is 6.54. The number of carboxylic acids is 1. The molecule has 1 unspecified atom stereocenters. The highest BCUT2D eigenvalue weighted by Crippen LogP contribution is 2.38. The predicted molar refractivity (Wildman–Crippen MR) is 63.3 cm³/mol.